The van der Waals surface area contributed by atoms with Crippen molar-refractivity contribution in [3.63, 3.8) is 0 Å². The van der Waals surface area contributed by atoms with Crippen LogP contribution in [0.1, 0.15) is 20.3 Å². The van der Waals surface area contributed by atoms with Crippen molar-refractivity contribution in [1.82, 2.24) is 4.90 Å². The fraction of sp³-hybridized carbons (Fsp3) is 0.417. The fourth-order valence-electron chi connectivity index (χ4n) is 1.01. The van der Waals surface area contributed by atoms with E-state index < -0.39 is 0 Å². The van der Waals surface area contributed by atoms with E-state index in [1.807, 2.05) is 12.2 Å². The summed E-state index contributed by atoms with van der Waals surface area (Å²) in [6.07, 6.45) is 6.69. The van der Waals surface area contributed by atoms with Crippen molar-refractivity contribution in [3.05, 3.63) is 37.0 Å². The molecule has 0 aromatic rings. The number of hydrogen-bond acceptors (Lipinski definition) is 1. The van der Waals surface area contributed by atoms with Gasteiger partial charge in [0.15, 0.2) is 0 Å². The molecule has 0 heterocycles. The normalized spacial score (nSPS) is 9.00. The summed E-state index contributed by atoms with van der Waals surface area (Å²) >= 11 is 5.31. The molecule has 0 radical (unpaired) electrons. The number of nitrogens with zero attached hydrogens (tertiary/aromatic N) is 1. The lowest BCUT2D eigenvalue weighted by Crippen LogP contribution is -2.29. The predicted molar refractivity (Wildman–Crippen MR) is 68.6 cm³/mol. The molecule has 0 saturated heterocycles. The standard InChI is InChI=1S/C12H19NS/c1-5-9-13(10-6-2)12(14)8-7-11(3)4/h5-7H,1-2,8-10H2,3-4H3. The third kappa shape index (κ3) is 5.70. The Morgan fingerprint density at radius 2 is 1.71 bits per heavy atom. The van der Waals surface area contributed by atoms with Crippen LogP contribution in [0.3, 0.4) is 0 Å². The molecule has 0 saturated carbocycles. The second-order valence-electron chi connectivity index (χ2n) is 3.36. The van der Waals surface area contributed by atoms with Crippen LogP contribution in [0, 0.1) is 0 Å². The maximum absolute atomic E-state index is 5.31. The first kappa shape index (κ1) is 13.1. The van der Waals surface area contributed by atoms with Crippen LogP contribution in [0.2, 0.25) is 0 Å². The predicted octanol–water partition coefficient (Wildman–Crippen LogP) is 3.34. The molecule has 0 bridgehead atoms. The summed E-state index contributed by atoms with van der Waals surface area (Å²) in [5, 5.41) is 0. The number of hydrogen-bond donors (Lipinski definition) is 0. The van der Waals surface area contributed by atoms with Gasteiger partial charge in [-0.05, 0) is 13.8 Å². The minimum atomic E-state index is 0.793. The quantitative estimate of drug-likeness (QED) is 0.487. The number of thiocarbonyl (C=S) groups is 1. The summed E-state index contributed by atoms with van der Waals surface area (Å²) in [7, 11) is 0. The minimum Gasteiger partial charge on any atom is -0.358 e. The number of rotatable bonds is 6. The van der Waals surface area contributed by atoms with Gasteiger partial charge >= 0.3 is 0 Å². The molecule has 0 fully saturated rings. The summed E-state index contributed by atoms with van der Waals surface area (Å²) in [4.78, 5) is 3.04. The van der Waals surface area contributed by atoms with E-state index in [1.165, 1.54) is 5.57 Å². The van der Waals surface area contributed by atoms with E-state index in [1.54, 1.807) is 0 Å². The van der Waals surface area contributed by atoms with Gasteiger partial charge in [0.05, 0.1) is 4.99 Å². The van der Waals surface area contributed by atoms with Crippen LogP contribution in [-0.2, 0) is 0 Å². The van der Waals surface area contributed by atoms with Crippen LogP contribution in [0.15, 0.2) is 37.0 Å². The molecule has 0 rings (SSSR count). The summed E-state index contributed by atoms with van der Waals surface area (Å²) in [6, 6.07) is 0. The van der Waals surface area contributed by atoms with E-state index in [0.717, 1.165) is 24.5 Å². The molecule has 78 valence electrons. The summed E-state index contributed by atoms with van der Waals surface area (Å²) in [5.41, 5.74) is 1.30. The highest BCUT2D eigenvalue weighted by atomic mass is 32.1. The van der Waals surface area contributed by atoms with E-state index >= 15 is 0 Å². The minimum absolute atomic E-state index is 0.793. The second kappa shape index (κ2) is 7.51. The van der Waals surface area contributed by atoms with Gasteiger partial charge in [0.2, 0.25) is 0 Å². The first-order valence-corrected chi connectivity index (χ1v) is 5.15. The average molecular weight is 209 g/mol. The highest BCUT2D eigenvalue weighted by Crippen LogP contribution is 2.01. The van der Waals surface area contributed by atoms with Crippen molar-refractivity contribution in [2.75, 3.05) is 13.1 Å². The lowest BCUT2D eigenvalue weighted by Gasteiger charge is -2.21. The van der Waals surface area contributed by atoms with Gasteiger partial charge in [-0.1, -0.05) is 36.0 Å². The lowest BCUT2D eigenvalue weighted by atomic mass is 10.2. The smallest absolute Gasteiger partial charge is 0.0823 e. The van der Waals surface area contributed by atoms with Gasteiger partial charge in [-0.3, -0.25) is 0 Å². The molecule has 0 aromatic carbocycles. The summed E-state index contributed by atoms with van der Waals surface area (Å²) < 4.78 is 0. The second-order valence-corrected chi connectivity index (χ2v) is 3.83. The van der Waals surface area contributed by atoms with Crippen LogP contribution < -0.4 is 0 Å². The Bertz CT molecular complexity index is 227. The third-order valence-electron chi connectivity index (χ3n) is 1.74. The van der Waals surface area contributed by atoms with Gasteiger partial charge in [0.25, 0.3) is 0 Å². The first-order chi connectivity index (χ1) is 6.61. The molecule has 0 atom stereocenters. The van der Waals surface area contributed by atoms with Crippen LogP contribution >= 0.6 is 12.2 Å². The highest BCUT2D eigenvalue weighted by Gasteiger charge is 2.03. The summed E-state index contributed by atoms with van der Waals surface area (Å²) in [5.74, 6) is 0. The SMILES string of the molecule is C=CCN(CC=C)C(=S)CC=C(C)C. The topological polar surface area (TPSA) is 3.24 Å². The molecule has 0 aliphatic rings. The van der Waals surface area contributed by atoms with Gasteiger partial charge in [-0.25, -0.2) is 0 Å². The molecule has 0 N–H and O–H groups in total. The van der Waals surface area contributed by atoms with Gasteiger partial charge in [-0.2, -0.15) is 0 Å². The first-order valence-electron chi connectivity index (χ1n) is 4.74. The zero-order valence-corrected chi connectivity index (χ0v) is 9.94. The zero-order valence-electron chi connectivity index (χ0n) is 9.12. The molecule has 0 aromatic heterocycles. The van der Waals surface area contributed by atoms with Gasteiger partial charge in [-0.15, -0.1) is 13.2 Å². The molecule has 0 amide bonds. The van der Waals surface area contributed by atoms with E-state index in [9.17, 15) is 0 Å². The number of allylic oxidation sites excluding steroid dienone is 1. The molecule has 1 nitrogen and oxygen atoms in total. The van der Waals surface area contributed by atoms with Crippen molar-refractivity contribution in [3.8, 4) is 0 Å². The maximum Gasteiger partial charge on any atom is 0.0823 e. The third-order valence-corrected chi connectivity index (χ3v) is 2.16. The van der Waals surface area contributed by atoms with Crippen molar-refractivity contribution < 1.29 is 0 Å². The lowest BCUT2D eigenvalue weighted by molar-refractivity contribution is 0.516. The Labute approximate surface area is 92.8 Å². The monoisotopic (exact) mass is 209 g/mol. The van der Waals surface area contributed by atoms with Crippen molar-refractivity contribution >= 4 is 17.2 Å². The average Bonchev–Trinajstić information content (AvgIpc) is 2.14. The van der Waals surface area contributed by atoms with Crippen LogP contribution in [-0.4, -0.2) is 23.0 Å². The molecule has 0 spiro atoms. The Morgan fingerprint density at radius 3 is 2.07 bits per heavy atom. The Balaban J connectivity index is 4.20. The van der Waals surface area contributed by atoms with Crippen LogP contribution in [0.5, 0.6) is 0 Å². The molecule has 14 heavy (non-hydrogen) atoms. The Kier molecular flexibility index (Phi) is 7.03. The van der Waals surface area contributed by atoms with Crippen molar-refractivity contribution in [2.45, 2.75) is 20.3 Å². The molecule has 0 aliphatic carbocycles. The van der Waals surface area contributed by atoms with Crippen molar-refractivity contribution in [2.24, 2.45) is 0 Å². The van der Waals surface area contributed by atoms with Gasteiger partial charge in [0.1, 0.15) is 0 Å². The molecule has 0 aliphatic heterocycles. The van der Waals surface area contributed by atoms with Gasteiger partial charge < -0.3 is 4.90 Å². The van der Waals surface area contributed by atoms with E-state index in [4.69, 9.17) is 12.2 Å². The molecule has 2 heteroatoms. The van der Waals surface area contributed by atoms with Crippen molar-refractivity contribution in [1.29, 1.82) is 0 Å². The summed E-state index contributed by atoms with van der Waals surface area (Å²) in [6.45, 7) is 13.2. The van der Waals surface area contributed by atoms with Gasteiger partial charge in [0, 0.05) is 19.5 Å². The van der Waals surface area contributed by atoms with E-state index in [2.05, 4.69) is 38.0 Å². The zero-order chi connectivity index (χ0) is 11.0. The largest absolute Gasteiger partial charge is 0.358 e. The van der Waals surface area contributed by atoms with E-state index in [-0.39, 0.29) is 0 Å². The van der Waals surface area contributed by atoms with E-state index in [0.29, 0.717) is 0 Å². The fourth-order valence-corrected chi connectivity index (χ4v) is 1.24. The maximum atomic E-state index is 5.31. The molecule has 0 unspecified atom stereocenters. The van der Waals surface area contributed by atoms with Crippen LogP contribution in [0.4, 0.5) is 0 Å². The highest BCUT2D eigenvalue weighted by molar-refractivity contribution is 7.80. The van der Waals surface area contributed by atoms with Crippen LogP contribution in [0.25, 0.3) is 0 Å². The Morgan fingerprint density at radius 1 is 1.21 bits per heavy atom. The molecular weight excluding hydrogens is 190 g/mol. The Hall–Kier alpha value is -0.890. The molecular formula is C12H19NS.